The molecule has 0 atom stereocenters. The number of aryl methyl sites for hydroxylation is 1. The molecule has 1 aromatic heterocycles. The lowest BCUT2D eigenvalue weighted by atomic mass is 9.89. The number of halogens is 5. The second-order valence-electron chi connectivity index (χ2n) is 9.75. The van der Waals surface area contributed by atoms with E-state index in [1.54, 1.807) is 10.6 Å². The van der Waals surface area contributed by atoms with Gasteiger partial charge in [0.05, 0.1) is 22.3 Å². The van der Waals surface area contributed by atoms with Crippen molar-refractivity contribution in [1.29, 1.82) is 0 Å². The molecule has 0 N–H and O–H groups in total. The van der Waals surface area contributed by atoms with Gasteiger partial charge in [0.15, 0.2) is 5.78 Å². The number of piperidine rings is 1. The molecule has 3 aromatic carbocycles. The fourth-order valence-corrected chi connectivity index (χ4v) is 5.26. The number of para-hydroxylation sites is 1. The van der Waals surface area contributed by atoms with Crippen LogP contribution in [0.2, 0.25) is 0 Å². The van der Waals surface area contributed by atoms with Gasteiger partial charge in [-0.2, -0.15) is 13.2 Å². The highest BCUT2D eigenvalue weighted by Gasteiger charge is 2.31. The van der Waals surface area contributed by atoms with Gasteiger partial charge in [-0.1, -0.05) is 18.2 Å². The fraction of sp³-hybridized carbons (Fsp3) is 0.310. The smallest absolute Gasteiger partial charge is 0.302 e. The zero-order valence-corrected chi connectivity index (χ0v) is 22.1. The Bertz CT molecular complexity index is 1540. The number of likely N-dealkylation sites (tertiary alicyclic amines) is 1. The summed E-state index contributed by atoms with van der Waals surface area (Å²) in [6, 6.07) is 15.9. The summed E-state index contributed by atoms with van der Waals surface area (Å²) in [4.78, 5) is 28.5. The molecular formula is C29H28ClF4N3O2. The molecule has 0 saturated carbocycles. The number of carbonyl (C=O) groups is 1. The van der Waals surface area contributed by atoms with Gasteiger partial charge in [-0.3, -0.25) is 13.9 Å². The standard InChI is InChI=1S/C29H27F4N3O2.ClH/c1-19-4-2-7-25-26(19)36(24-6-3-5-22(18-24)29(31,32)33)28(38)35(25)17-16-34-14-12-21(13-15-34)27(37)20-8-10-23(30)11-9-20;/h2-11,18,21H,12-17H2,1H3;1H. The maximum atomic E-state index is 13.6. The lowest BCUT2D eigenvalue weighted by Crippen LogP contribution is -2.39. The molecule has 1 fully saturated rings. The molecule has 39 heavy (non-hydrogen) atoms. The molecule has 1 aliphatic heterocycles. The Morgan fingerprint density at radius 2 is 1.62 bits per heavy atom. The zero-order valence-electron chi connectivity index (χ0n) is 21.2. The first-order valence-corrected chi connectivity index (χ1v) is 12.5. The second-order valence-corrected chi connectivity index (χ2v) is 9.75. The first kappa shape index (κ1) is 28.6. The van der Waals surface area contributed by atoms with E-state index in [1.165, 1.54) is 41.0 Å². The lowest BCUT2D eigenvalue weighted by molar-refractivity contribution is -0.137. The first-order chi connectivity index (χ1) is 18.1. The molecular weight excluding hydrogens is 534 g/mol. The van der Waals surface area contributed by atoms with Crippen LogP contribution < -0.4 is 5.69 Å². The zero-order chi connectivity index (χ0) is 27.0. The highest BCUT2D eigenvalue weighted by Crippen LogP contribution is 2.31. The van der Waals surface area contributed by atoms with Gasteiger partial charge < -0.3 is 4.90 Å². The van der Waals surface area contributed by atoms with Gasteiger partial charge in [-0.25, -0.2) is 9.18 Å². The van der Waals surface area contributed by atoms with Gasteiger partial charge in [0, 0.05) is 24.6 Å². The van der Waals surface area contributed by atoms with Gasteiger partial charge >= 0.3 is 11.9 Å². The number of imidazole rings is 1. The van der Waals surface area contributed by atoms with Crippen molar-refractivity contribution >= 4 is 29.2 Å². The van der Waals surface area contributed by atoms with Gasteiger partial charge in [-0.15, -0.1) is 12.4 Å². The van der Waals surface area contributed by atoms with Crippen molar-refractivity contribution in [2.24, 2.45) is 5.92 Å². The summed E-state index contributed by atoms with van der Waals surface area (Å²) in [5, 5.41) is 0. The minimum atomic E-state index is -4.52. The van der Waals surface area contributed by atoms with E-state index >= 15 is 0 Å². The number of Topliss-reactive ketones (excluding diaryl/α,β-unsaturated/α-hetero) is 1. The normalized spacial score (nSPS) is 14.9. The van der Waals surface area contributed by atoms with Crippen LogP contribution in [0.5, 0.6) is 0 Å². The Balaban J connectivity index is 0.00000353. The molecule has 1 saturated heterocycles. The number of hydrogen-bond donors (Lipinski definition) is 0. The van der Waals surface area contributed by atoms with Crippen molar-refractivity contribution in [2.75, 3.05) is 19.6 Å². The maximum absolute atomic E-state index is 13.6. The second kappa shape index (κ2) is 11.4. The summed E-state index contributed by atoms with van der Waals surface area (Å²) in [6.45, 7) is 4.11. The minimum absolute atomic E-state index is 0. The van der Waals surface area contributed by atoms with E-state index in [2.05, 4.69) is 4.90 Å². The van der Waals surface area contributed by atoms with Crippen molar-refractivity contribution in [3.8, 4) is 5.69 Å². The maximum Gasteiger partial charge on any atom is 0.416 e. The number of rotatable bonds is 6. The first-order valence-electron chi connectivity index (χ1n) is 12.5. The van der Waals surface area contributed by atoms with E-state index < -0.39 is 17.4 Å². The van der Waals surface area contributed by atoms with Crippen molar-refractivity contribution in [1.82, 2.24) is 14.0 Å². The topological polar surface area (TPSA) is 47.2 Å². The predicted octanol–water partition coefficient (Wildman–Crippen LogP) is 6.28. The van der Waals surface area contributed by atoms with Crippen LogP contribution in [-0.4, -0.2) is 39.5 Å². The Morgan fingerprint density at radius 1 is 0.949 bits per heavy atom. The number of alkyl halides is 3. The minimum Gasteiger partial charge on any atom is -0.302 e. The van der Waals surface area contributed by atoms with E-state index in [0.29, 0.717) is 55.6 Å². The molecule has 4 aromatic rings. The van der Waals surface area contributed by atoms with Crippen LogP contribution in [0.3, 0.4) is 0 Å². The van der Waals surface area contributed by atoms with Crippen LogP contribution >= 0.6 is 12.4 Å². The molecule has 0 spiro atoms. The number of nitrogens with zero attached hydrogens (tertiary/aromatic N) is 3. The highest BCUT2D eigenvalue weighted by molar-refractivity contribution is 5.97. The van der Waals surface area contributed by atoms with Crippen molar-refractivity contribution in [3.05, 3.63) is 99.7 Å². The molecule has 0 bridgehead atoms. The summed E-state index contributed by atoms with van der Waals surface area (Å²) < 4.78 is 56.2. The van der Waals surface area contributed by atoms with Crippen LogP contribution in [0.4, 0.5) is 17.6 Å². The Labute approximate surface area is 229 Å². The molecule has 5 nitrogen and oxygen atoms in total. The molecule has 0 radical (unpaired) electrons. The highest BCUT2D eigenvalue weighted by atomic mass is 35.5. The van der Waals surface area contributed by atoms with Gasteiger partial charge in [0.2, 0.25) is 0 Å². The van der Waals surface area contributed by atoms with Crippen LogP contribution in [0, 0.1) is 18.7 Å². The average molecular weight is 562 g/mol. The summed E-state index contributed by atoms with van der Waals surface area (Å²) >= 11 is 0. The SMILES string of the molecule is Cc1cccc2c1n(-c1cccc(C(F)(F)F)c1)c(=O)n2CCN1CCC(C(=O)c2ccc(F)cc2)CC1.Cl. The number of ketones is 1. The molecule has 0 unspecified atom stereocenters. The van der Waals surface area contributed by atoms with Crippen LogP contribution in [0.15, 0.2) is 71.5 Å². The van der Waals surface area contributed by atoms with Crippen LogP contribution in [0.1, 0.15) is 34.3 Å². The van der Waals surface area contributed by atoms with E-state index in [-0.39, 0.29) is 35.6 Å². The van der Waals surface area contributed by atoms with E-state index in [4.69, 9.17) is 0 Å². The van der Waals surface area contributed by atoms with Crippen LogP contribution in [0.25, 0.3) is 16.7 Å². The summed E-state index contributed by atoms with van der Waals surface area (Å²) in [7, 11) is 0. The van der Waals surface area contributed by atoms with Crippen molar-refractivity contribution in [2.45, 2.75) is 32.5 Å². The van der Waals surface area contributed by atoms with Crippen LogP contribution in [-0.2, 0) is 12.7 Å². The van der Waals surface area contributed by atoms with Crippen molar-refractivity contribution in [3.63, 3.8) is 0 Å². The fourth-order valence-electron chi connectivity index (χ4n) is 5.26. The molecule has 0 aliphatic carbocycles. The predicted molar refractivity (Wildman–Crippen MR) is 144 cm³/mol. The molecule has 0 amide bonds. The summed E-state index contributed by atoms with van der Waals surface area (Å²) in [6.07, 6.45) is -3.19. The van der Waals surface area contributed by atoms with E-state index in [9.17, 15) is 27.2 Å². The molecule has 5 rings (SSSR count). The van der Waals surface area contributed by atoms with Gasteiger partial charge in [-0.05, 0) is 86.9 Å². The third-order valence-corrected chi connectivity index (χ3v) is 7.31. The Kier molecular flexibility index (Phi) is 8.32. The largest absolute Gasteiger partial charge is 0.416 e. The molecule has 2 heterocycles. The van der Waals surface area contributed by atoms with Gasteiger partial charge in [0.25, 0.3) is 0 Å². The molecule has 10 heteroatoms. The third kappa shape index (κ3) is 5.79. The van der Waals surface area contributed by atoms with E-state index in [0.717, 1.165) is 17.7 Å². The van der Waals surface area contributed by atoms with Crippen molar-refractivity contribution < 1.29 is 22.4 Å². The lowest BCUT2D eigenvalue weighted by Gasteiger charge is -2.31. The Hall–Kier alpha value is -3.43. The van der Waals surface area contributed by atoms with E-state index in [1.807, 2.05) is 19.1 Å². The summed E-state index contributed by atoms with van der Waals surface area (Å²) in [5.74, 6) is -0.498. The average Bonchev–Trinajstić information content (AvgIpc) is 3.19. The number of aromatic nitrogens is 2. The van der Waals surface area contributed by atoms with Gasteiger partial charge in [0.1, 0.15) is 5.82 Å². The molecule has 1 aliphatic rings. The molecule has 206 valence electrons. The quantitative estimate of drug-likeness (QED) is 0.206. The number of carbonyl (C=O) groups excluding carboxylic acids is 1. The third-order valence-electron chi connectivity index (χ3n) is 7.31. The summed E-state index contributed by atoms with van der Waals surface area (Å²) in [5.41, 5.74) is 1.51. The number of fused-ring (bicyclic) bond motifs is 1. The number of hydrogen-bond acceptors (Lipinski definition) is 3. The Morgan fingerprint density at radius 3 is 2.28 bits per heavy atom. The monoisotopic (exact) mass is 561 g/mol. The number of benzene rings is 3.